The molecular formula is C27H21N3O. The van der Waals surface area contributed by atoms with E-state index in [1.54, 1.807) is 6.07 Å². The van der Waals surface area contributed by atoms with E-state index >= 15 is 0 Å². The lowest BCUT2D eigenvalue weighted by Gasteiger charge is -2.35. The first-order chi connectivity index (χ1) is 15.0. The maximum Gasteiger partial charge on any atom is 0.270 e. The van der Waals surface area contributed by atoms with Gasteiger partial charge in [0.2, 0.25) is 0 Å². The number of ketones is 1. The van der Waals surface area contributed by atoms with Crippen LogP contribution in [0.1, 0.15) is 47.7 Å². The van der Waals surface area contributed by atoms with Gasteiger partial charge in [0.1, 0.15) is 0 Å². The predicted molar refractivity (Wildman–Crippen MR) is 121 cm³/mol. The van der Waals surface area contributed by atoms with Gasteiger partial charge >= 0.3 is 0 Å². The number of Topliss-reactive ketones (excluding diaryl/α,β-unsaturated/α-hetero) is 1. The second-order valence-electron chi connectivity index (χ2n) is 8.52. The molecule has 0 radical (unpaired) electrons. The van der Waals surface area contributed by atoms with Gasteiger partial charge in [0.05, 0.1) is 12.6 Å². The number of hydrogen-bond donors (Lipinski definition) is 0. The van der Waals surface area contributed by atoms with Gasteiger partial charge in [-0.25, -0.2) is 10.1 Å². The maximum atomic E-state index is 13.3. The smallest absolute Gasteiger partial charge is 0.270 e. The minimum Gasteiger partial charge on any atom is -0.347 e. The third kappa shape index (κ3) is 2.55. The van der Waals surface area contributed by atoms with Crippen LogP contribution in [0.4, 0.5) is 5.69 Å². The molecule has 0 N–H and O–H groups in total. The van der Waals surface area contributed by atoms with Crippen molar-refractivity contribution < 1.29 is 4.79 Å². The minimum absolute atomic E-state index is 0.0308. The number of anilines is 1. The monoisotopic (exact) mass is 403 g/mol. The topological polar surface area (TPSA) is 48.5 Å². The van der Waals surface area contributed by atoms with Crippen molar-refractivity contribution in [1.82, 2.24) is 0 Å². The van der Waals surface area contributed by atoms with Crippen LogP contribution in [-0.4, -0.2) is 12.8 Å². The standard InChI is InChI=1S/C27H21N3O/c1-27-14-8-9-17(26(27)30(3)23-13-7-6-12-21(23)27)15-20-24(22(16-28)29-2)18-10-4-5-11-19(18)25(20)31/h4-7,10-13,15H,8-9,14H2,1,3H3/b20-15-,24-22-. The van der Waals surface area contributed by atoms with E-state index in [9.17, 15) is 10.1 Å². The lowest BCUT2D eigenvalue weighted by Crippen LogP contribution is -2.30. The second-order valence-corrected chi connectivity index (χ2v) is 8.52. The number of nitrogens with zero attached hydrogens (tertiary/aromatic N) is 3. The molecule has 0 amide bonds. The Balaban J connectivity index is 1.76. The molecule has 1 aliphatic heterocycles. The summed E-state index contributed by atoms with van der Waals surface area (Å²) < 4.78 is 0. The Morgan fingerprint density at radius 1 is 1.19 bits per heavy atom. The summed E-state index contributed by atoms with van der Waals surface area (Å²) in [5.74, 6) is -0.111. The van der Waals surface area contributed by atoms with Crippen molar-refractivity contribution in [3.8, 4) is 6.07 Å². The normalized spacial score (nSPS) is 24.5. The highest BCUT2D eigenvalue weighted by atomic mass is 16.1. The summed E-state index contributed by atoms with van der Waals surface area (Å²) in [4.78, 5) is 19.0. The molecule has 150 valence electrons. The first kappa shape index (κ1) is 19.1. The fourth-order valence-corrected chi connectivity index (χ4v) is 5.57. The number of nitriles is 1. The number of rotatable bonds is 1. The summed E-state index contributed by atoms with van der Waals surface area (Å²) in [6.07, 6.45) is 4.90. The number of allylic oxidation sites excluding steroid dienone is 6. The summed E-state index contributed by atoms with van der Waals surface area (Å²) in [5.41, 5.74) is 6.89. The number of carbonyl (C=O) groups is 1. The zero-order valence-electron chi connectivity index (χ0n) is 17.6. The molecular weight excluding hydrogens is 382 g/mol. The fraction of sp³-hybridized carbons (Fsp3) is 0.222. The molecule has 31 heavy (non-hydrogen) atoms. The number of benzene rings is 2. The number of likely N-dealkylation sites (N-methyl/N-ethyl adjacent to an activating group) is 1. The molecule has 2 aromatic rings. The van der Waals surface area contributed by atoms with Gasteiger partial charge in [0.15, 0.2) is 5.78 Å². The maximum absolute atomic E-state index is 13.3. The van der Waals surface area contributed by atoms with Gasteiger partial charge in [-0.3, -0.25) is 4.79 Å². The molecule has 1 unspecified atom stereocenters. The Kier molecular flexibility index (Phi) is 4.20. The summed E-state index contributed by atoms with van der Waals surface area (Å²) >= 11 is 0. The Morgan fingerprint density at radius 3 is 2.65 bits per heavy atom. The molecule has 0 fully saturated rings. The lowest BCUT2D eigenvalue weighted by atomic mass is 9.71. The van der Waals surface area contributed by atoms with Crippen LogP contribution >= 0.6 is 0 Å². The Labute approximate surface area is 182 Å². The van der Waals surface area contributed by atoms with Crippen molar-refractivity contribution >= 4 is 17.0 Å². The van der Waals surface area contributed by atoms with E-state index in [1.807, 2.05) is 30.3 Å². The number of hydrogen-bond acceptors (Lipinski definition) is 3. The summed E-state index contributed by atoms with van der Waals surface area (Å²) in [6.45, 7) is 9.78. The highest BCUT2D eigenvalue weighted by molar-refractivity contribution is 6.27. The van der Waals surface area contributed by atoms with Crippen LogP contribution in [0.3, 0.4) is 0 Å². The Hall–Kier alpha value is -3.89. The van der Waals surface area contributed by atoms with Crippen LogP contribution in [0.2, 0.25) is 0 Å². The first-order valence-electron chi connectivity index (χ1n) is 10.5. The molecule has 4 nitrogen and oxygen atoms in total. The molecule has 2 aliphatic carbocycles. The van der Waals surface area contributed by atoms with Crippen molar-refractivity contribution in [2.24, 2.45) is 0 Å². The van der Waals surface area contributed by atoms with Gasteiger partial charge in [-0.2, -0.15) is 0 Å². The van der Waals surface area contributed by atoms with Gasteiger partial charge in [0, 0.05) is 40.6 Å². The summed E-state index contributed by atoms with van der Waals surface area (Å²) in [7, 11) is 2.09. The van der Waals surface area contributed by atoms with Gasteiger partial charge < -0.3 is 4.90 Å². The third-order valence-corrected chi connectivity index (χ3v) is 6.87. The SMILES string of the molecule is [C-]#[N+]/C(C#N)=C1\C(=C\C2=C3N(C)c4ccccc4C3(C)CCC2)C(=O)c2ccccc21. The summed E-state index contributed by atoms with van der Waals surface area (Å²) in [6, 6.07) is 17.8. The quantitative estimate of drug-likeness (QED) is 0.343. The molecule has 5 rings (SSSR count). The zero-order valence-corrected chi connectivity index (χ0v) is 17.6. The molecule has 4 heteroatoms. The largest absolute Gasteiger partial charge is 0.347 e. The van der Waals surface area contributed by atoms with E-state index in [1.165, 1.54) is 16.9 Å². The number of para-hydroxylation sites is 1. The van der Waals surface area contributed by atoms with Crippen molar-refractivity contribution in [2.45, 2.75) is 31.6 Å². The molecule has 1 atom stereocenters. The van der Waals surface area contributed by atoms with Crippen LogP contribution in [0.25, 0.3) is 10.4 Å². The van der Waals surface area contributed by atoms with Crippen LogP contribution in [0.5, 0.6) is 0 Å². The molecule has 0 spiro atoms. The molecule has 2 aromatic carbocycles. The van der Waals surface area contributed by atoms with Crippen LogP contribution in [-0.2, 0) is 5.41 Å². The van der Waals surface area contributed by atoms with Crippen molar-refractivity contribution in [3.05, 3.63) is 105 Å². The fourth-order valence-electron chi connectivity index (χ4n) is 5.57. The van der Waals surface area contributed by atoms with Crippen LogP contribution in [0.15, 0.2) is 77.1 Å². The van der Waals surface area contributed by atoms with Crippen molar-refractivity contribution in [3.63, 3.8) is 0 Å². The first-order valence-corrected chi connectivity index (χ1v) is 10.5. The molecule has 1 heterocycles. The Morgan fingerprint density at radius 2 is 1.90 bits per heavy atom. The second kappa shape index (κ2) is 6.83. The average molecular weight is 403 g/mol. The molecule has 3 aliphatic rings. The van der Waals surface area contributed by atoms with Gasteiger partial charge in [0.25, 0.3) is 5.70 Å². The van der Waals surface area contributed by atoms with Crippen molar-refractivity contribution in [1.29, 1.82) is 5.26 Å². The Bertz CT molecular complexity index is 1310. The van der Waals surface area contributed by atoms with E-state index in [0.717, 1.165) is 24.8 Å². The van der Waals surface area contributed by atoms with E-state index in [4.69, 9.17) is 6.57 Å². The van der Waals surface area contributed by atoms with E-state index in [0.29, 0.717) is 22.3 Å². The van der Waals surface area contributed by atoms with E-state index in [2.05, 4.69) is 48.0 Å². The zero-order chi connectivity index (χ0) is 21.8. The number of carbonyl (C=O) groups excluding carboxylic acids is 1. The highest BCUT2D eigenvalue weighted by Crippen LogP contribution is 2.54. The molecule has 0 saturated heterocycles. The predicted octanol–water partition coefficient (Wildman–Crippen LogP) is 5.81. The lowest BCUT2D eigenvalue weighted by molar-refractivity contribution is 0.104. The molecule has 0 saturated carbocycles. The average Bonchev–Trinajstić information content (AvgIpc) is 3.19. The molecule has 0 bridgehead atoms. The van der Waals surface area contributed by atoms with Gasteiger partial charge in [-0.1, -0.05) is 42.5 Å². The van der Waals surface area contributed by atoms with E-state index < -0.39 is 0 Å². The third-order valence-electron chi connectivity index (χ3n) is 6.87. The van der Waals surface area contributed by atoms with Crippen molar-refractivity contribution in [2.75, 3.05) is 11.9 Å². The molecule has 0 aromatic heterocycles. The minimum atomic E-state index is -0.111. The highest BCUT2D eigenvalue weighted by Gasteiger charge is 2.45. The van der Waals surface area contributed by atoms with Gasteiger partial charge in [-0.05, 0) is 55.0 Å². The summed E-state index contributed by atoms with van der Waals surface area (Å²) in [5, 5.41) is 9.59. The van der Waals surface area contributed by atoms with E-state index in [-0.39, 0.29) is 16.9 Å². The van der Waals surface area contributed by atoms with Crippen LogP contribution in [0, 0.1) is 17.9 Å². The number of fused-ring (bicyclic) bond motifs is 4. The van der Waals surface area contributed by atoms with Crippen LogP contribution < -0.4 is 4.90 Å². The van der Waals surface area contributed by atoms with Gasteiger partial charge in [-0.15, -0.1) is 0 Å².